The molecule has 0 unspecified atom stereocenters. The highest BCUT2D eigenvalue weighted by Gasteiger charge is 2.60. The van der Waals surface area contributed by atoms with Gasteiger partial charge in [-0.1, -0.05) is 0 Å². The van der Waals surface area contributed by atoms with Gasteiger partial charge in [0.2, 0.25) is 0 Å². The fourth-order valence-corrected chi connectivity index (χ4v) is 3.70. The SMILES string of the molecule is CC1=C2C[C@H]3O[C@]3(C)CC[C@H]3O[C@@]3(C)C[C@@H]2OC1=O. The Morgan fingerprint density at radius 3 is 2.68 bits per heavy atom. The van der Waals surface area contributed by atoms with Gasteiger partial charge in [-0.25, -0.2) is 4.79 Å². The summed E-state index contributed by atoms with van der Waals surface area (Å²) in [6.45, 7) is 6.17. The van der Waals surface area contributed by atoms with Gasteiger partial charge in [0.05, 0.1) is 23.4 Å². The van der Waals surface area contributed by atoms with Crippen molar-refractivity contribution in [3.05, 3.63) is 11.1 Å². The quantitative estimate of drug-likeness (QED) is 0.497. The smallest absolute Gasteiger partial charge is 0.334 e. The summed E-state index contributed by atoms with van der Waals surface area (Å²) in [7, 11) is 0. The molecule has 4 aliphatic rings. The number of rotatable bonds is 0. The predicted octanol–water partition coefficient (Wildman–Crippen LogP) is 2.12. The van der Waals surface area contributed by atoms with Gasteiger partial charge in [0, 0.05) is 18.4 Å². The number of hydrogen-bond acceptors (Lipinski definition) is 4. The monoisotopic (exact) mass is 264 g/mol. The maximum atomic E-state index is 11.8. The highest BCUT2D eigenvalue weighted by Crippen LogP contribution is 2.53. The molecule has 4 rings (SSSR count). The van der Waals surface area contributed by atoms with Gasteiger partial charge >= 0.3 is 5.97 Å². The van der Waals surface area contributed by atoms with Crippen molar-refractivity contribution in [1.29, 1.82) is 0 Å². The normalized spacial score (nSPS) is 51.9. The highest BCUT2D eigenvalue weighted by atomic mass is 16.6. The van der Waals surface area contributed by atoms with Gasteiger partial charge in [-0.2, -0.15) is 0 Å². The molecule has 4 heteroatoms. The van der Waals surface area contributed by atoms with Gasteiger partial charge in [-0.3, -0.25) is 0 Å². The summed E-state index contributed by atoms with van der Waals surface area (Å²) in [4.78, 5) is 11.8. The van der Waals surface area contributed by atoms with Gasteiger partial charge in [-0.05, 0) is 39.2 Å². The second kappa shape index (κ2) is 3.41. The van der Waals surface area contributed by atoms with Crippen LogP contribution in [0.15, 0.2) is 11.1 Å². The summed E-state index contributed by atoms with van der Waals surface area (Å²) in [6, 6.07) is 0. The summed E-state index contributed by atoms with van der Waals surface area (Å²) >= 11 is 0. The fourth-order valence-electron chi connectivity index (χ4n) is 3.70. The standard InChI is InChI=1S/C15H20O4/c1-8-9-6-12-14(2,19-12)5-4-11-15(3,18-11)7-10(9)17-13(8)16/h10-12H,4-7H2,1-3H3/t10-,11+,12+,14+,15-/m0/s1. The van der Waals surface area contributed by atoms with Gasteiger partial charge in [0.15, 0.2) is 0 Å². The summed E-state index contributed by atoms with van der Waals surface area (Å²) in [5.41, 5.74) is 1.78. The summed E-state index contributed by atoms with van der Waals surface area (Å²) < 4.78 is 17.3. The minimum atomic E-state index is -0.164. The van der Waals surface area contributed by atoms with Crippen LogP contribution in [0.25, 0.3) is 0 Å². The molecule has 5 atom stereocenters. The third kappa shape index (κ3) is 1.69. The van der Waals surface area contributed by atoms with E-state index in [4.69, 9.17) is 14.2 Å². The third-order valence-corrected chi connectivity index (χ3v) is 5.40. The van der Waals surface area contributed by atoms with E-state index < -0.39 is 0 Å². The molecule has 0 radical (unpaired) electrons. The predicted molar refractivity (Wildman–Crippen MR) is 67.6 cm³/mol. The largest absolute Gasteiger partial charge is 0.454 e. The molecule has 3 fully saturated rings. The summed E-state index contributed by atoms with van der Waals surface area (Å²) in [6.07, 6.45) is 4.16. The highest BCUT2D eigenvalue weighted by molar-refractivity contribution is 5.91. The van der Waals surface area contributed by atoms with Crippen molar-refractivity contribution >= 4 is 5.97 Å². The molecule has 3 heterocycles. The molecule has 0 aromatic carbocycles. The molecule has 0 aromatic heterocycles. The molecule has 2 saturated heterocycles. The lowest BCUT2D eigenvalue weighted by molar-refractivity contribution is -0.140. The van der Waals surface area contributed by atoms with E-state index in [1.807, 2.05) is 6.92 Å². The van der Waals surface area contributed by atoms with Gasteiger partial charge < -0.3 is 14.2 Å². The molecule has 0 bridgehead atoms. The van der Waals surface area contributed by atoms with E-state index in [0.29, 0.717) is 6.10 Å². The number of carbonyl (C=O) groups excluding carboxylic acids is 1. The molecule has 19 heavy (non-hydrogen) atoms. The van der Waals surface area contributed by atoms with Crippen LogP contribution in [0.2, 0.25) is 0 Å². The van der Waals surface area contributed by atoms with Crippen LogP contribution >= 0.6 is 0 Å². The Kier molecular flexibility index (Phi) is 2.14. The number of fused-ring (bicyclic) bond motifs is 3. The Morgan fingerprint density at radius 2 is 1.89 bits per heavy atom. The zero-order valence-corrected chi connectivity index (χ0v) is 11.7. The Bertz CT molecular complexity index is 496. The molecular weight excluding hydrogens is 244 g/mol. The Morgan fingerprint density at radius 1 is 1.16 bits per heavy atom. The number of esters is 1. The van der Waals surface area contributed by atoms with Gasteiger partial charge in [-0.15, -0.1) is 0 Å². The van der Waals surface area contributed by atoms with Crippen LogP contribution in [-0.2, 0) is 19.0 Å². The Balaban J connectivity index is 1.66. The molecule has 0 spiro atoms. The van der Waals surface area contributed by atoms with Gasteiger partial charge in [0.1, 0.15) is 6.10 Å². The van der Waals surface area contributed by atoms with E-state index in [2.05, 4.69) is 13.8 Å². The molecule has 0 aromatic rings. The first kappa shape index (κ1) is 11.9. The minimum Gasteiger partial charge on any atom is -0.454 e. The zero-order chi connectivity index (χ0) is 13.4. The number of ether oxygens (including phenoxy) is 3. The maximum Gasteiger partial charge on any atom is 0.334 e. The lowest BCUT2D eigenvalue weighted by Crippen LogP contribution is -2.25. The van der Waals surface area contributed by atoms with Crippen molar-refractivity contribution in [1.82, 2.24) is 0 Å². The summed E-state index contributed by atoms with van der Waals surface area (Å²) in [5, 5.41) is 0. The first-order valence-electron chi connectivity index (χ1n) is 7.18. The van der Waals surface area contributed by atoms with Crippen molar-refractivity contribution < 1.29 is 19.0 Å². The maximum absolute atomic E-state index is 11.8. The second-order valence-electron chi connectivity index (χ2n) is 6.83. The van der Waals surface area contributed by atoms with E-state index in [1.54, 1.807) is 0 Å². The number of epoxide rings is 2. The van der Waals surface area contributed by atoms with Crippen LogP contribution in [0.1, 0.15) is 46.5 Å². The molecule has 1 saturated carbocycles. The Hall–Kier alpha value is -0.870. The van der Waals surface area contributed by atoms with Crippen molar-refractivity contribution in [2.75, 3.05) is 0 Å². The fraction of sp³-hybridized carbons (Fsp3) is 0.800. The van der Waals surface area contributed by atoms with Crippen molar-refractivity contribution in [2.24, 2.45) is 0 Å². The second-order valence-corrected chi connectivity index (χ2v) is 6.83. The van der Waals surface area contributed by atoms with Crippen LogP contribution in [0, 0.1) is 0 Å². The van der Waals surface area contributed by atoms with E-state index in [1.165, 1.54) is 0 Å². The van der Waals surface area contributed by atoms with E-state index in [9.17, 15) is 4.79 Å². The van der Waals surface area contributed by atoms with Crippen LogP contribution < -0.4 is 0 Å². The van der Waals surface area contributed by atoms with Crippen LogP contribution in [0.5, 0.6) is 0 Å². The van der Waals surface area contributed by atoms with Gasteiger partial charge in [0.25, 0.3) is 0 Å². The molecule has 1 aliphatic carbocycles. The molecule has 3 aliphatic heterocycles. The van der Waals surface area contributed by atoms with Crippen molar-refractivity contribution in [2.45, 2.75) is 76.0 Å². The average Bonchev–Trinajstić information content (AvgIpc) is 3.15. The lowest BCUT2D eigenvalue weighted by Gasteiger charge is -2.18. The Labute approximate surface area is 113 Å². The lowest BCUT2D eigenvalue weighted by atomic mass is 9.85. The van der Waals surface area contributed by atoms with Crippen LogP contribution in [0.4, 0.5) is 0 Å². The first-order valence-corrected chi connectivity index (χ1v) is 7.18. The van der Waals surface area contributed by atoms with E-state index in [-0.39, 0.29) is 29.4 Å². The van der Waals surface area contributed by atoms with Crippen molar-refractivity contribution in [3.8, 4) is 0 Å². The number of carbonyl (C=O) groups is 1. The third-order valence-electron chi connectivity index (χ3n) is 5.40. The molecule has 4 nitrogen and oxygen atoms in total. The average molecular weight is 264 g/mol. The number of hydrogen-bond donors (Lipinski definition) is 0. The zero-order valence-electron chi connectivity index (χ0n) is 11.7. The first-order chi connectivity index (χ1) is 8.91. The molecule has 0 amide bonds. The van der Waals surface area contributed by atoms with E-state index >= 15 is 0 Å². The minimum absolute atomic E-state index is 0.0202. The molecule has 104 valence electrons. The topological polar surface area (TPSA) is 51.4 Å². The summed E-state index contributed by atoms with van der Waals surface area (Å²) in [5.74, 6) is -0.164. The van der Waals surface area contributed by atoms with Crippen LogP contribution in [-0.4, -0.2) is 35.5 Å². The van der Waals surface area contributed by atoms with E-state index in [0.717, 1.165) is 36.8 Å². The molecule has 0 N–H and O–H groups in total. The molecular formula is C15H20O4. The van der Waals surface area contributed by atoms with Crippen molar-refractivity contribution in [3.63, 3.8) is 0 Å². The van der Waals surface area contributed by atoms with Crippen LogP contribution in [0.3, 0.4) is 0 Å².